The van der Waals surface area contributed by atoms with E-state index in [0.717, 1.165) is 38.5 Å². The van der Waals surface area contributed by atoms with Gasteiger partial charge in [0.1, 0.15) is 5.75 Å². The molecule has 1 N–H and O–H groups in total. The summed E-state index contributed by atoms with van der Waals surface area (Å²) in [5, 5.41) is 3.01. The molecule has 1 atom stereocenters. The van der Waals surface area contributed by atoms with Gasteiger partial charge >= 0.3 is 0 Å². The Morgan fingerprint density at radius 1 is 1.28 bits per heavy atom. The zero-order chi connectivity index (χ0) is 17.6. The number of hydrogen-bond donors (Lipinski definition) is 1. The lowest BCUT2D eigenvalue weighted by atomic mass is 10.2. The average Bonchev–Trinajstić information content (AvgIpc) is 2.61. The fourth-order valence-corrected chi connectivity index (χ4v) is 3.18. The van der Waals surface area contributed by atoms with E-state index in [1.807, 2.05) is 31.2 Å². The first kappa shape index (κ1) is 17.7. The monoisotopic (exact) mass is 347 g/mol. The highest BCUT2D eigenvalue weighted by Gasteiger charge is 2.25. The van der Waals surface area contributed by atoms with Crippen LogP contribution < -0.4 is 15.0 Å². The third kappa shape index (κ3) is 4.70. The number of ether oxygens (including phenoxy) is 2. The minimum Gasteiger partial charge on any atom is -0.482 e. The van der Waals surface area contributed by atoms with Gasteiger partial charge in [-0.3, -0.25) is 14.5 Å². The molecule has 0 unspecified atom stereocenters. The van der Waals surface area contributed by atoms with Gasteiger partial charge in [0.15, 0.2) is 6.61 Å². The maximum absolute atomic E-state index is 12.2. The lowest BCUT2D eigenvalue weighted by molar-refractivity contribution is -0.122. The van der Waals surface area contributed by atoms with Gasteiger partial charge in [-0.05, 0) is 19.1 Å². The minimum absolute atomic E-state index is 0.0199. The number of anilines is 1. The van der Waals surface area contributed by atoms with E-state index in [1.165, 1.54) is 0 Å². The Balaban J connectivity index is 1.48. The Morgan fingerprint density at radius 2 is 2.04 bits per heavy atom. The van der Waals surface area contributed by atoms with E-state index in [0.29, 0.717) is 12.3 Å². The van der Waals surface area contributed by atoms with Gasteiger partial charge < -0.3 is 19.7 Å². The number of rotatable bonds is 6. The average molecular weight is 347 g/mol. The van der Waals surface area contributed by atoms with Crippen LogP contribution in [0, 0.1) is 0 Å². The first-order valence-corrected chi connectivity index (χ1v) is 8.75. The van der Waals surface area contributed by atoms with Crippen LogP contribution >= 0.6 is 0 Å². The molecule has 1 aromatic carbocycles. The van der Waals surface area contributed by atoms with Gasteiger partial charge in [-0.1, -0.05) is 12.1 Å². The Labute approximate surface area is 147 Å². The highest BCUT2D eigenvalue weighted by atomic mass is 16.5. The van der Waals surface area contributed by atoms with E-state index < -0.39 is 0 Å². The van der Waals surface area contributed by atoms with Gasteiger partial charge in [-0.25, -0.2) is 0 Å². The summed E-state index contributed by atoms with van der Waals surface area (Å²) in [6.45, 7) is 6.50. The second-order valence-corrected chi connectivity index (χ2v) is 6.43. The fraction of sp³-hybridized carbons (Fsp3) is 0.556. The number of carbonyl (C=O) groups excluding carboxylic acids is 2. The quantitative estimate of drug-likeness (QED) is 0.818. The summed E-state index contributed by atoms with van der Waals surface area (Å²) in [5.41, 5.74) is 0.730. The Kier molecular flexibility index (Phi) is 5.88. The lowest BCUT2D eigenvalue weighted by Gasteiger charge is -2.30. The first-order chi connectivity index (χ1) is 12.1. The molecule has 0 aliphatic carbocycles. The van der Waals surface area contributed by atoms with Crippen LogP contribution in [0.15, 0.2) is 24.3 Å². The van der Waals surface area contributed by atoms with Gasteiger partial charge in [0.25, 0.3) is 5.91 Å². The van der Waals surface area contributed by atoms with Crippen LogP contribution in [0.25, 0.3) is 0 Å². The number of amides is 2. The summed E-state index contributed by atoms with van der Waals surface area (Å²) >= 11 is 0. The highest BCUT2D eigenvalue weighted by molar-refractivity contribution is 5.98. The fourth-order valence-electron chi connectivity index (χ4n) is 3.18. The van der Waals surface area contributed by atoms with Gasteiger partial charge in [-0.2, -0.15) is 0 Å². The third-order valence-corrected chi connectivity index (χ3v) is 4.41. The SMILES string of the molecule is C[C@H](CN1CCOCC1)NC(=O)CCN1C(=O)COc2ccccc21. The standard InChI is InChI=1S/C18H25N3O4/c1-14(12-20-8-10-24-11-9-20)19-17(22)6-7-21-15-4-2-3-5-16(15)25-13-18(21)23/h2-5,14H,6-13H2,1H3,(H,19,22)/t14-/m1/s1. The molecular weight excluding hydrogens is 322 g/mol. The molecule has 2 aliphatic heterocycles. The van der Waals surface area contributed by atoms with Crippen molar-refractivity contribution in [1.82, 2.24) is 10.2 Å². The maximum Gasteiger partial charge on any atom is 0.265 e. The number of benzene rings is 1. The topological polar surface area (TPSA) is 71.1 Å². The normalized spacial score (nSPS) is 19.1. The van der Waals surface area contributed by atoms with Gasteiger partial charge in [0.2, 0.25) is 5.91 Å². The predicted octanol–water partition coefficient (Wildman–Crippen LogP) is 0.639. The summed E-state index contributed by atoms with van der Waals surface area (Å²) in [5.74, 6) is 0.522. The lowest BCUT2D eigenvalue weighted by Crippen LogP contribution is -2.47. The second kappa shape index (κ2) is 8.31. The molecule has 0 bridgehead atoms. The number of nitrogens with zero attached hydrogens (tertiary/aromatic N) is 2. The molecule has 7 nitrogen and oxygen atoms in total. The largest absolute Gasteiger partial charge is 0.482 e. The molecule has 2 amide bonds. The van der Waals surface area contributed by atoms with E-state index in [1.54, 1.807) is 4.90 Å². The number of hydrogen-bond acceptors (Lipinski definition) is 5. The zero-order valence-electron chi connectivity index (χ0n) is 14.6. The van der Waals surface area contributed by atoms with Gasteiger partial charge in [-0.15, -0.1) is 0 Å². The molecule has 2 heterocycles. The van der Waals surface area contributed by atoms with Crippen molar-refractivity contribution in [2.75, 3.05) is 50.9 Å². The summed E-state index contributed by atoms with van der Waals surface area (Å²) in [6.07, 6.45) is 0.271. The molecule has 7 heteroatoms. The van der Waals surface area contributed by atoms with E-state index in [9.17, 15) is 9.59 Å². The number of para-hydroxylation sites is 2. The molecule has 0 saturated carbocycles. The van der Waals surface area contributed by atoms with Crippen molar-refractivity contribution in [2.24, 2.45) is 0 Å². The third-order valence-electron chi connectivity index (χ3n) is 4.41. The Morgan fingerprint density at radius 3 is 2.84 bits per heavy atom. The number of nitrogens with one attached hydrogen (secondary N) is 1. The molecule has 3 rings (SSSR count). The summed E-state index contributed by atoms with van der Waals surface area (Å²) in [7, 11) is 0. The molecule has 0 spiro atoms. The molecule has 2 aliphatic rings. The van der Waals surface area contributed by atoms with Crippen LogP contribution in [0.3, 0.4) is 0 Å². The van der Waals surface area contributed by atoms with Crippen molar-refractivity contribution >= 4 is 17.5 Å². The molecule has 25 heavy (non-hydrogen) atoms. The Bertz CT molecular complexity index is 616. The van der Waals surface area contributed by atoms with Crippen molar-refractivity contribution in [3.63, 3.8) is 0 Å². The van der Waals surface area contributed by atoms with Crippen molar-refractivity contribution in [2.45, 2.75) is 19.4 Å². The molecular formula is C18H25N3O4. The molecule has 136 valence electrons. The van der Waals surface area contributed by atoms with Crippen LogP contribution in [0.2, 0.25) is 0 Å². The first-order valence-electron chi connectivity index (χ1n) is 8.75. The van der Waals surface area contributed by atoms with E-state index in [4.69, 9.17) is 9.47 Å². The Hall–Kier alpha value is -2.12. The molecule has 1 fully saturated rings. The van der Waals surface area contributed by atoms with Crippen molar-refractivity contribution in [1.29, 1.82) is 0 Å². The van der Waals surface area contributed by atoms with Gasteiger partial charge in [0.05, 0.1) is 18.9 Å². The van der Waals surface area contributed by atoms with Crippen LogP contribution in [-0.2, 0) is 14.3 Å². The van der Waals surface area contributed by atoms with Crippen LogP contribution in [0.1, 0.15) is 13.3 Å². The van der Waals surface area contributed by atoms with Crippen molar-refractivity contribution in [3.05, 3.63) is 24.3 Å². The minimum atomic E-state index is -0.118. The van der Waals surface area contributed by atoms with Crippen LogP contribution in [0.5, 0.6) is 5.75 Å². The van der Waals surface area contributed by atoms with Crippen molar-refractivity contribution in [3.8, 4) is 5.75 Å². The molecule has 0 radical (unpaired) electrons. The molecule has 0 aromatic heterocycles. The summed E-state index contributed by atoms with van der Waals surface area (Å²) < 4.78 is 10.7. The molecule has 1 saturated heterocycles. The van der Waals surface area contributed by atoms with Gasteiger partial charge in [0, 0.05) is 38.6 Å². The van der Waals surface area contributed by atoms with Crippen molar-refractivity contribution < 1.29 is 19.1 Å². The summed E-state index contributed by atoms with van der Waals surface area (Å²) in [6, 6.07) is 7.47. The number of fused-ring (bicyclic) bond motifs is 1. The summed E-state index contributed by atoms with van der Waals surface area (Å²) in [4.78, 5) is 28.3. The van der Waals surface area contributed by atoms with E-state index in [-0.39, 0.29) is 30.9 Å². The van der Waals surface area contributed by atoms with Crippen LogP contribution in [0.4, 0.5) is 5.69 Å². The maximum atomic E-state index is 12.2. The number of carbonyl (C=O) groups is 2. The molecule has 1 aromatic rings. The van der Waals surface area contributed by atoms with Crippen LogP contribution in [-0.4, -0.2) is 68.8 Å². The highest BCUT2D eigenvalue weighted by Crippen LogP contribution is 2.31. The smallest absolute Gasteiger partial charge is 0.265 e. The van der Waals surface area contributed by atoms with E-state index >= 15 is 0 Å². The predicted molar refractivity (Wildman–Crippen MR) is 93.8 cm³/mol. The number of morpholine rings is 1. The zero-order valence-corrected chi connectivity index (χ0v) is 14.6. The second-order valence-electron chi connectivity index (χ2n) is 6.43. The van der Waals surface area contributed by atoms with E-state index in [2.05, 4.69) is 10.2 Å².